The third kappa shape index (κ3) is 1.46. The van der Waals surface area contributed by atoms with Crippen molar-refractivity contribution in [3.05, 3.63) is 47.5 Å². The minimum atomic E-state index is 1.10. The highest BCUT2D eigenvalue weighted by atomic mass is 14.9. The number of benzene rings is 2. The smallest absolute Gasteiger partial charge is 0.0488 e. The van der Waals surface area contributed by atoms with Crippen LogP contribution in [0.15, 0.2) is 36.4 Å². The summed E-state index contributed by atoms with van der Waals surface area (Å²) in [5, 5.41) is 2.75. The molecule has 0 saturated carbocycles. The van der Waals surface area contributed by atoms with Gasteiger partial charge in [0.15, 0.2) is 0 Å². The molecular formula is C16H17N. The molecule has 0 N–H and O–H groups in total. The summed E-state index contributed by atoms with van der Waals surface area (Å²) in [5.41, 5.74) is 5.38. The van der Waals surface area contributed by atoms with E-state index in [1.807, 2.05) is 0 Å². The molecule has 0 aliphatic rings. The van der Waals surface area contributed by atoms with Crippen LogP contribution in [-0.4, -0.2) is 4.57 Å². The van der Waals surface area contributed by atoms with Crippen LogP contribution < -0.4 is 0 Å². The topological polar surface area (TPSA) is 4.93 Å². The first-order valence-corrected chi connectivity index (χ1v) is 6.18. The third-order valence-corrected chi connectivity index (χ3v) is 3.63. The van der Waals surface area contributed by atoms with E-state index in [9.17, 15) is 0 Å². The van der Waals surface area contributed by atoms with Crippen LogP contribution in [0.5, 0.6) is 0 Å². The van der Waals surface area contributed by atoms with E-state index in [-0.39, 0.29) is 0 Å². The molecule has 0 fully saturated rings. The summed E-state index contributed by atoms with van der Waals surface area (Å²) in [6, 6.07) is 13.5. The fourth-order valence-corrected chi connectivity index (χ4v) is 2.60. The summed E-state index contributed by atoms with van der Waals surface area (Å²) in [4.78, 5) is 0. The molecule has 0 radical (unpaired) electrons. The Kier molecular flexibility index (Phi) is 2.22. The molecule has 0 unspecified atom stereocenters. The third-order valence-electron chi connectivity index (χ3n) is 3.63. The van der Waals surface area contributed by atoms with E-state index in [0.717, 1.165) is 6.42 Å². The zero-order valence-corrected chi connectivity index (χ0v) is 10.6. The Hall–Kier alpha value is -1.76. The standard InChI is InChI=1S/C16H17N/c1-4-12-6-8-16-14(10-12)13-9-11(2)5-7-15(13)17(16)3/h5-10H,4H2,1-3H3. The number of rotatable bonds is 1. The van der Waals surface area contributed by atoms with Gasteiger partial charge in [0.05, 0.1) is 0 Å². The van der Waals surface area contributed by atoms with Crippen LogP contribution in [0.2, 0.25) is 0 Å². The van der Waals surface area contributed by atoms with Crippen molar-refractivity contribution in [2.24, 2.45) is 7.05 Å². The molecule has 2 aromatic carbocycles. The van der Waals surface area contributed by atoms with Gasteiger partial charge in [-0.15, -0.1) is 0 Å². The average Bonchev–Trinajstić information content (AvgIpc) is 2.62. The van der Waals surface area contributed by atoms with Crippen molar-refractivity contribution in [2.75, 3.05) is 0 Å². The van der Waals surface area contributed by atoms with Gasteiger partial charge < -0.3 is 4.57 Å². The lowest BCUT2D eigenvalue weighted by molar-refractivity contribution is 1.01. The molecule has 1 aromatic heterocycles. The molecule has 3 aromatic rings. The van der Waals surface area contributed by atoms with Crippen molar-refractivity contribution >= 4 is 21.8 Å². The Balaban J connectivity index is 2.51. The van der Waals surface area contributed by atoms with Crippen LogP contribution in [0, 0.1) is 6.92 Å². The van der Waals surface area contributed by atoms with Gasteiger partial charge in [-0.05, 0) is 43.2 Å². The zero-order valence-electron chi connectivity index (χ0n) is 10.6. The molecule has 0 saturated heterocycles. The summed E-state index contributed by atoms with van der Waals surface area (Å²) in [6.07, 6.45) is 1.10. The van der Waals surface area contributed by atoms with Crippen LogP contribution in [0.1, 0.15) is 18.1 Å². The Morgan fingerprint density at radius 2 is 1.59 bits per heavy atom. The van der Waals surface area contributed by atoms with Gasteiger partial charge in [0.25, 0.3) is 0 Å². The number of aromatic nitrogens is 1. The molecule has 17 heavy (non-hydrogen) atoms. The van der Waals surface area contributed by atoms with E-state index in [0.29, 0.717) is 0 Å². The number of hydrogen-bond donors (Lipinski definition) is 0. The lowest BCUT2D eigenvalue weighted by Crippen LogP contribution is -1.86. The van der Waals surface area contributed by atoms with E-state index < -0.39 is 0 Å². The van der Waals surface area contributed by atoms with Gasteiger partial charge in [0.1, 0.15) is 0 Å². The van der Waals surface area contributed by atoms with Crippen molar-refractivity contribution in [2.45, 2.75) is 20.3 Å². The van der Waals surface area contributed by atoms with Crippen molar-refractivity contribution in [3.63, 3.8) is 0 Å². The molecule has 3 rings (SSSR count). The molecule has 0 atom stereocenters. The number of hydrogen-bond acceptors (Lipinski definition) is 0. The lowest BCUT2D eigenvalue weighted by atomic mass is 10.1. The Morgan fingerprint density at radius 3 is 2.29 bits per heavy atom. The predicted molar refractivity (Wildman–Crippen MR) is 74.5 cm³/mol. The van der Waals surface area contributed by atoms with Crippen molar-refractivity contribution in [3.8, 4) is 0 Å². The molecule has 86 valence electrons. The van der Waals surface area contributed by atoms with Crippen molar-refractivity contribution in [1.29, 1.82) is 0 Å². The molecule has 0 aliphatic heterocycles. The quantitative estimate of drug-likeness (QED) is 0.582. The highest BCUT2D eigenvalue weighted by Gasteiger charge is 2.08. The molecule has 0 amide bonds. The minimum absolute atomic E-state index is 1.10. The summed E-state index contributed by atoms with van der Waals surface area (Å²) >= 11 is 0. The van der Waals surface area contributed by atoms with Gasteiger partial charge in [-0.2, -0.15) is 0 Å². The zero-order chi connectivity index (χ0) is 12.0. The maximum absolute atomic E-state index is 2.33. The molecule has 1 heteroatoms. The maximum atomic E-state index is 2.33. The van der Waals surface area contributed by atoms with E-state index >= 15 is 0 Å². The van der Waals surface area contributed by atoms with Gasteiger partial charge in [0, 0.05) is 28.9 Å². The highest BCUT2D eigenvalue weighted by Crippen LogP contribution is 2.29. The van der Waals surface area contributed by atoms with Gasteiger partial charge in [0.2, 0.25) is 0 Å². The fourth-order valence-electron chi connectivity index (χ4n) is 2.60. The Bertz CT molecular complexity index is 704. The van der Waals surface area contributed by atoms with Crippen LogP contribution in [0.3, 0.4) is 0 Å². The van der Waals surface area contributed by atoms with Crippen LogP contribution >= 0.6 is 0 Å². The Labute approximate surface area is 102 Å². The van der Waals surface area contributed by atoms with Crippen molar-refractivity contribution < 1.29 is 0 Å². The molecule has 1 nitrogen and oxygen atoms in total. The number of nitrogens with zero attached hydrogens (tertiary/aromatic N) is 1. The molecule has 0 aliphatic carbocycles. The maximum Gasteiger partial charge on any atom is 0.0488 e. The minimum Gasteiger partial charge on any atom is -0.344 e. The lowest BCUT2D eigenvalue weighted by Gasteiger charge is -1.99. The summed E-state index contributed by atoms with van der Waals surface area (Å²) in [7, 11) is 2.14. The summed E-state index contributed by atoms with van der Waals surface area (Å²) in [6.45, 7) is 4.36. The molecular weight excluding hydrogens is 206 g/mol. The summed E-state index contributed by atoms with van der Waals surface area (Å²) in [5.74, 6) is 0. The number of aryl methyl sites for hydroxylation is 3. The van der Waals surface area contributed by atoms with E-state index in [4.69, 9.17) is 0 Å². The normalized spacial score (nSPS) is 11.5. The molecule has 1 heterocycles. The highest BCUT2D eigenvalue weighted by molar-refractivity contribution is 6.08. The van der Waals surface area contributed by atoms with Crippen LogP contribution in [-0.2, 0) is 13.5 Å². The second-order valence-electron chi connectivity index (χ2n) is 4.78. The first kappa shape index (κ1) is 10.4. The van der Waals surface area contributed by atoms with Gasteiger partial charge in [-0.25, -0.2) is 0 Å². The largest absolute Gasteiger partial charge is 0.344 e. The van der Waals surface area contributed by atoms with E-state index in [1.54, 1.807) is 0 Å². The average molecular weight is 223 g/mol. The Morgan fingerprint density at radius 1 is 0.941 bits per heavy atom. The molecule has 0 bridgehead atoms. The van der Waals surface area contributed by atoms with Gasteiger partial charge >= 0.3 is 0 Å². The first-order valence-electron chi connectivity index (χ1n) is 6.18. The van der Waals surface area contributed by atoms with Gasteiger partial charge in [-0.1, -0.05) is 24.6 Å². The fraction of sp³-hybridized carbons (Fsp3) is 0.250. The monoisotopic (exact) mass is 223 g/mol. The van der Waals surface area contributed by atoms with E-state index in [1.165, 1.54) is 32.9 Å². The van der Waals surface area contributed by atoms with Crippen LogP contribution in [0.4, 0.5) is 0 Å². The predicted octanol–water partition coefficient (Wildman–Crippen LogP) is 4.20. The van der Waals surface area contributed by atoms with Gasteiger partial charge in [-0.3, -0.25) is 0 Å². The number of fused-ring (bicyclic) bond motifs is 3. The SMILES string of the molecule is CCc1ccc2c(c1)c1cc(C)ccc1n2C. The summed E-state index contributed by atoms with van der Waals surface area (Å²) < 4.78 is 2.28. The first-order chi connectivity index (χ1) is 8.20. The van der Waals surface area contributed by atoms with E-state index in [2.05, 4.69) is 61.9 Å². The van der Waals surface area contributed by atoms with Crippen molar-refractivity contribution in [1.82, 2.24) is 4.57 Å². The van der Waals surface area contributed by atoms with Crippen LogP contribution in [0.25, 0.3) is 21.8 Å². The second kappa shape index (κ2) is 3.63. The molecule has 0 spiro atoms. The second-order valence-corrected chi connectivity index (χ2v) is 4.78.